The third-order valence-corrected chi connectivity index (χ3v) is 8.36. The molecule has 0 aliphatic heterocycles. The lowest BCUT2D eigenvalue weighted by atomic mass is 9.90. The van der Waals surface area contributed by atoms with E-state index >= 15 is 0 Å². The van der Waals surface area contributed by atoms with E-state index < -0.39 is 23.3 Å². The number of hydrogen-bond acceptors (Lipinski definition) is 9. The molecule has 0 saturated carbocycles. The Labute approximate surface area is 169 Å². The van der Waals surface area contributed by atoms with Crippen molar-refractivity contribution < 1.29 is 23.4 Å². The minimum absolute atomic E-state index is 0.0761. The van der Waals surface area contributed by atoms with Crippen molar-refractivity contribution in [2.75, 3.05) is 19.0 Å². The summed E-state index contributed by atoms with van der Waals surface area (Å²) in [5, 5.41) is 3.93. The molecule has 8 nitrogen and oxygen atoms in total. The Kier molecular flexibility index (Phi) is 10.1. The van der Waals surface area contributed by atoms with Crippen LogP contribution in [-0.2, 0) is 35.2 Å². The van der Waals surface area contributed by atoms with Crippen molar-refractivity contribution in [3.8, 4) is 0 Å². The van der Waals surface area contributed by atoms with Crippen molar-refractivity contribution >= 4 is 40.6 Å². The largest absolute Gasteiger partial charge is 0.431 e. The first-order valence-corrected chi connectivity index (χ1v) is 13.0. The summed E-state index contributed by atoms with van der Waals surface area (Å²) in [6.45, 7) is 10.1. The summed E-state index contributed by atoms with van der Waals surface area (Å²) >= 11 is 6.60. The van der Waals surface area contributed by atoms with Gasteiger partial charge in [0.05, 0.1) is 13.2 Å². The van der Waals surface area contributed by atoms with Crippen LogP contribution in [0.3, 0.4) is 0 Å². The number of ether oxygens (including phenoxy) is 1. The molecule has 11 heteroatoms. The summed E-state index contributed by atoms with van der Waals surface area (Å²) in [6.07, 6.45) is 3.04. The predicted octanol–water partition coefficient (Wildman–Crippen LogP) is 3.75. The van der Waals surface area contributed by atoms with Gasteiger partial charge in [-0.2, -0.15) is 5.10 Å². The van der Waals surface area contributed by atoms with Crippen LogP contribution in [0.2, 0.25) is 0 Å². The van der Waals surface area contributed by atoms with Gasteiger partial charge in [0, 0.05) is 5.41 Å². The van der Waals surface area contributed by atoms with Crippen molar-refractivity contribution in [2.24, 2.45) is 5.41 Å². The maximum absolute atomic E-state index is 12.6. The summed E-state index contributed by atoms with van der Waals surface area (Å²) in [5.74, 6) is -0.948. The van der Waals surface area contributed by atoms with E-state index in [2.05, 4.69) is 10.1 Å². The van der Waals surface area contributed by atoms with Gasteiger partial charge in [-0.05, 0) is 24.6 Å². The highest BCUT2D eigenvalue weighted by molar-refractivity contribution is 8.68. The number of aromatic nitrogens is 3. The quantitative estimate of drug-likeness (QED) is 0.358. The molecule has 0 N–H and O–H groups in total. The molecule has 1 aromatic heterocycles. The number of nitrogens with zero attached hydrogens (tertiary/aromatic N) is 3. The van der Waals surface area contributed by atoms with E-state index in [0.29, 0.717) is 13.2 Å². The average molecular weight is 438 g/mol. The van der Waals surface area contributed by atoms with Crippen LogP contribution in [0, 0.1) is 5.41 Å². The third kappa shape index (κ3) is 8.39. The highest BCUT2D eigenvalue weighted by atomic mass is 32.9. The topological polar surface area (TPSA) is 92.5 Å². The standard InChI is InChI=1S/C16H28N3O5PS2/c1-6-8-22-25(26,23-9-7-2)27-10-13(20)24-15(14(21)16(3,4)5)19-12-17-11-18-19/h11-12,15H,6-10H2,1-5H3. The highest BCUT2D eigenvalue weighted by Crippen LogP contribution is 2.61. The molecule has 27 heavy (non-hydrogen) atoms. The SMILES string of the molecule is CCCOP(=S)(OCCC)SCC(=O)OC(C(=O)C(C)(C)C)n1cncn1. The van der Waals surface area contributed by atoms with Gasteiger partial charge in [-0.3, -0.25) is 9.59 Å². The molecule has 0 aliphatic rings. The van der Waals surface area contributed by atoms with Crippen LogP contribution in [0.4, 0.5) is 0 Å². The third-order valence-electron chi connectivity index (χ3n) is 3.13. The molecule has 1 atom stereocenters. The number of esters is 1. The lowest BCUT2D eigenvalue weighted by Crippen LogP contribution is -2.34. The first-order valence-electron chi connectivity index (χ1n) is 8.74. The predicted molar refractivity (Wildman–Crippen MR) is 109 cm³/mol. The Morgan fingerprint density at radius 3 is 2.26 bits per heavy atom. The summed E-state index contributed by atoms with van der Waals surface area (Å²) < 4.78 is 18.0. The zero-order valence-electron chi connectivity index (χ0n) is 16.4. The van der Waals surface area contributed by atoms with Gasteiger partial charge in [-0.25, -0.2) is 9.67 Å². The zero-order valence-corrected chi connectivity index (χ0v) is 18.9. The van der Waals surface area contributed by atoms with E-state index in [0.717, 1.165) is 24.2 Å². The molecular formula is C16H28N3O5PS2. The van der Waals surface area contributed by atoms with Crippen LogP contribution in [-0.4, -0.2) is 45.5 Å². The van der Waals surface area contributed by atoms with Crippen molar-refractivity contribution in [2.45, 2.75) is 53.7 Å². The molecule has 1 heterocycles. The van der Waals surface area contributed by atoms with Crippen LogP contribution in [0.1, 0.15) is 53.7 Å². The highest BCUT2D eigenvalue weighted by Gasteiger charge is 2.35. The molecular weight excluding hydrogens is 409 g/mol. The fourth-order valence-corrected chi connectivity index (χ4v) is 5.72. The van der Waals surface area contributed by atoms with Crippen molar-refractivity contribution in [1.29, 1.82) is 0 Å². The summed E-state index contributed by atoms with van der Waals surface area (Å²) in [7, 11) is 0. The van der Waals surface area contributed by atoms with Crippen molar-refractivity contribution in [1.82, 2.24) is 14.8 Å². The molecule has 1 rings (SSSR count). The van der Waals surface area contributed by atoms with Gasteiger partial charge in [0.1, 0.15) is 18.4 Å². The van der Waals surface area contributed by atoms with Gasteiger partial charge < -0.3 is 13.8 Å². The van der Waals surface area contributed by atoms with E-state index in [1.807, 2.05) is 13.8 Å². The monoisotopic (exact) mass is 437 g/mol. The lowest BCUT2D eigenvalue weighted by molar-refractivity contribution is -0.162. The molecule has 1 unspecified atom stereocenters. The fourth-order valence-electron chi connectivity index (χ4n) is 1.74. The summed E-state index contributed by atoms with van der Waals surface area (Å²) in [5.41, 5.74) is -3.35. The van der Waals surface area contributed by atoms with Crippen LogP contribution < -0.4 is 0 Å². The summed E-state index contributed by atoms with van der Waals surface area (Å²) in [6, 6.07) is 0. The number of carbonyl (C=O) groups excluding carboxylic acids is 2. The first kappa shape index (κ1) is 24.2. The Bertz CT molecular complexity index is 637. The first-order chi connectivity index (χ1) is 12.6. The van der Waals surface area contributed by atoms with Crippen LogP contribution >= 0.6 is 17.1 Å². The lowest BCUT2D eigenvalue weighted by Gasteiger charge is -2.25. The van der Waals surface area contributed by atoms with Gasteiger partial charge in [-0.15, -0.1) is 0 Å². The number of carbonyl (C=O) groups is 2. The molecule has 0 fully saturated rings. The second-order valence-corrected chi connectivity index (χ2v) is 13.0. The molecule has 0 aromatic carbocycles. The number of ketones is 1. The van der Waals surface area contributed by atoms with Crippen molar-refractivity contribution in [3.05, 3.63) is 12.7 Å². The second kappa shape index (κ2) is 11.3. The van der Waals surface area contributed by atoms with Gasteiger partial charge in [0.25, 0.3) is 6.23 Å². The molecule has 0 radical (unpaired) electrons. The maximum atomic E-state index is 12.6. The van der Waals surface area contributed by atoms with Gasteiger partial charge >= 0.3 is 5.97 Å². The van der Waals surface area contributed by atoms with E-state index in [9.17, 15) is 9.59 Å². The molecule has 0 bridgehead atoms. The molecule has 0 saturated heterocycles. The average Bonchev–Trinajstić information content (AvgIpc) is 3.14. The second-order valence-electron chi connectivity index (χ2n) is 6.72. The van der Waals surface area contributed by atoms with Crippen LogP contribution in [0.25, 0.3) is 0 Å². The van der Waals surface area contributed by atoms with Crippen LogP contribution in [0.15, 0.2) is 12.7 Å². The number of hydrogen-bond donors (Lipinski definition) is 0. The zero-order chi connectivity index (χ0) is 20.5. The fraction of sp³-hybridized carbons (Fsp3) is 0.750. The molecule has 0 aliphatic carbocycles. The number of Topliss-reactive ketones (excluding diaryl/α,β-unsaturated/α-hetero) is 1. The minimum Gasteiger partial charge on any atom is -0.431 e. The molecule has 1 aromatic rings. The smallest absolute Gasteiger partial charge is 0.318 e. The van der Waals surface area contributed by atoms with Gasteiger partial charge in [-0.1, -0.05) is 46.0 Å². The van der Waals surface area contributed by atoms with E-state index in [-0.39, 0.29) is 11.5 Å². The maximum Gasteiger partial charge on any atom is 0.318 e. The van der Waals surface area contributed by atoms with Crippen LogP contribution in [0.5, 0.6) is 0 Å². The van der Waals surface area contributed by atoms with E-state index in [1.54, 1.807) is 20.8 Å². The molecule has 154 valence electrons. The molecule has 0 amide bonds. The van der Waals surface area contributed by atoms with Gasteiger partial charge in [0.2, 0.25) is 11.5 Å². The van der Waals surface area contributed by atoms with Crippen molar-refractivity contribution in [3.63, 3.8) is 0 Å². The minimum atomic E-state index is -2.64. The molecule has 0 spiro atoms. The Morgan fingerprint density at radius 1 is 1.22 bits per heavy atom. The van der Waals surface area contributed by atoms with E-state index in [1.165, 1.54) is 17.3 Å². The normalized spacial score (nSPS) is 13.4. The Hall–Kier alpha value is -0.800. The summed E-state index contributed by atoms with van der Waals surface area (Å²) in [4.78, 5) is 28.8. The number of rotatable bonds is 12. The Morgan fingerprint density at radius 2 is 1.81 bits per heavy atom. The Balaban J connectivity index is 2.78. The van der Waals surface area contributed by atoms with E-state index in [4.69, 9.17) is 25.6 Å². The van der Waals surface area contributed by atoms with Gasteiger partial charge in [0.15, 0.2) is 0 Å².